The van der Waals surface area contributed by atoms with Crippen LogP contribution < -0.4 is 0 Å². The summed E-state index contributed by atoms with van der Waals surface area (Å²) in [6.07, 6.45) is 1.85. The fourth-order valence-corrected chi connectivity index (χ4v) is 2.62. The number of rotatable bonds is 4. The van der Waals surface area contributed by atoms with Crippen molar-refractivity contribution >= 4 is 5.69 Å². The van der Waals surface area contributed by atoms with Crippen molar-refractivity contribution in [1.82, 2.24) is 4.90 Å². The van der Waals surface area contributed by atoms with Gasteiger partial charge in [0.1, 0.15) is 0 Å². The molecule has 1 fully saturated rings. The van der Waals surface area contributed by atoms with Crippen LogP contribution in [0.4, 0.5) is 5.69 Å². The molecule has 5 nitrogen and oxygen atoms in total. The van der Waals surface area contributed by atoms with Gasteiger partial charge in [-0.1, -0.05) is 6.92 Å². The van der Waals surface area contributed by atoms with E-state index in [0.29, 0.717) is 12.5 Å². The van der Waals surface area contributed by atoms with Crippen LogP contribution in [-0.2, 0) is 0 Å². The summed E-state index contributed by atoms with van der Waals surface area (Å²) in [5.74, 6) is 0.679. The summed E-state index contributed by atoms with van der Waals surface area (Å²) < 4.78 is 0. The minimum absolute atomic E-state index is 0.0579. The van der Waals surface area contributed by atoms with Crippen molar-refractivity contribution in [1.29, 1.82) is 0 Å². The summed E-state index contributed by atoms with van der Waals surface area (Å²) in [6, 6.07) is 6.15. The third-order valence-corrected chi connectivity index (χ3v) is 3.66. The van der Waals surface area contributed by atoms with E-state index in [-0.39, 0.29) is 5.69 Å². The van der Waals surface area contributed by atoms with Gasteiger partial charge in [0.15, 0.2) is 0 Å². The average Bonchev–Trinajstić information content (AvgIpc) is 2.39. The topological polar surface area (TPSA) is 66.6 Å². The van der Waals surface area contributed by atoms with Gasteiger partial charge in [-0.05, 0) is 43.0 Å². The molecule has 2 rings (SSSR count). The van der Waals surface area contributed by atoms with Crippen molar-refractivity contribution in [2.45, 2.75) is 25.9 Å². The van der Waals surface area contributed by atoms with E-state index in [4.69, 9.17) is 0 Å². The molecule has 0 aromatic heterocycles. The van der Waals surface area contributed by atoms with Crippen molar-refractivity contribution in [2.75, 3.05) is 19.6 Å². The number of nitro benzene ring substituents is 1. The number of piperidine rings is 1. The van der Waals surface area contributed by atoms with Gasteiger partial charge in [0, 0.05) is 25.2 Å². The Morgan fingerprint density at radius 2 is 2.16 bits per heavy atom. The number of aliphatic hydroxyl groups is 1. The third-order valence-electron chi connectivity index (χ3n) is 3.66. The molecule has 1 heterocycles. The Bertz CT molecular complexity index is 433. The Hall–Kier alpha value is -1.46. The van der Waals surface area contributed by atoms with Crippen LogP contribution in [0.15, 0.2) is 24.3 Å². The Morgan fingerprint density at radius 3 is 2.74 bits per heavy atom. The summed E-state index contributed by atoms with van der Waals surface area (Å²) in [6.45, 7) is 4.87. The van der Waals surface area contributed by atoms with Gasteiger partial charge in [0.05, 0.1) is 11.0 Å². The number of benzene rings is 1. The minimum Gasteiger partial charge on any atom is -0.387 e. The monoisotopic (exact) mass is 264 g/mol. The van der Waals surface area contributed by atoms with Crippen LogP contribution in [-0.4, -0.2) is 34.6 Å². The second-order valence-electron chi connectivity index (χ2n) is 5.37. The molecular formula is C14H20N2O3. The largest absolute Gasteiger partial charge is 0.387 e. The molecule has 1 aliphatic heterocycles. The Kier molecular flexibility index (Phi) is 4.50. The number of hydrogen-bond donors (Lipinski definition) is 1. The summed E-state index contributed by atoms with van der Waals surface area (Å²) in [5, 5.41) is 20.7. The molecule has 1 N–H and O–H groups in total. The third kappa shape index (κ3) is 3.75. The molecule has 0 spiro atoms. The van der Waals surface area contributed by atoms with Gasteiger partial charge in [-0.2, -0.15) is 0 Å². The molecule has 1 aliphatic rings. The van der Waals surface area contributed by atoms with Gasteiger partial charge in [-0.15, -0.1) is 0 Å². The van der Waals surface area contributed by atoms with E-state index in [1.165, 1.54) is 25.0 Å². The fourth-order valence-electron chi connectivity index (χ4n) is 2.62. The smallest absolute Gasteiger partial charge is 0.269 e. The standard InChI is InChI=1S/C14H20N2O3/c1-11-3-2-8-15(9-11)10-14(17)12-4-6-13(7-5-12)16(18)19/h4-7,11,14,17H,2-3,8-10H2,1H3. The number of nitrogens with zero attached hydrogens (tertiary/aromatic N) is 2. The lowest BCUT2D eigenvalue weighted by atomic mass is 9.99. The van der Waals surface area contributed by atoms with Gasteiger partial charge in [-0.25, -0.2) is 0 Å². The van der Waals surface area contributed by atoms with Crippen molar-refractivity contribution in [3.05, 3.63) is 39.9 Å². The highest BCUT2D eigenvalue weighted by Gasteiger charge is 2.20. The fraction of sp³-hybridized carbons (Fsp3) is 0.571. The predicted molar refractivity (Wildman–Crippen MR) is 72.9 cm³/mol. The number of β-amino-alcohol motifs (C(OH)–C–C–N with tert-alkyl or cyclic N) is 1. The highest BCUT2D eigenvalue weighted by Crippen LogP contribution is 2.21. The van der Waals surface area contributed by atoms with Crippen molar-refractivity contribution in [3.8, 4) is 0 Å². The maximum atomic E-state index is 10.6. The van der Waals surface area contributed by atoms with Crippen LogP contribution in [0.2, 0.25) is 0 Å². The zero-order chi connectivity index (χ0) is 13.8. The van der Waals surface area contributed by atoms with Gasteiger partial charge in [0.2, 0.25) is 0 Å². The summed E-state index contributed by atoms with van der Waals surface area (Å²) in [5.41, 5.74) is 0.798. The van der Waals surface area contributed by atoms with E-state index in [2.05, 4.69) is 11.8 Å². The summed E-state index contributed by atoms with van der Waals surface area (Å²) in [4.78, 5) is 12.4. The molecule has 0 radical (unpaired) electrons. The highest BCUT2D eigenvalue weighted by molar-refractivity contribution is 5.33. The molecule has 5 heteroatoms. The number of hydrogen-bond acceptors (Lipinski definition) is 4. The lowest BCUT2D eigenvalue weighted by Gasteiger charge is -2.32. The quantitative estimate of drug-likeness (QED) is 0.669. The number of likely N-dealkylation sites (tertiary alicyclic amines) is 1. The van der Waals surface area contributed by atoms with Crippen LogP contribution in [0.3, 0.4) is 0 Å². The van der Waals surface area contributed by atoms with E-state index in [9.17, 15) is 15.2 Å². The van der Waals surface area contributed by atoms with Crippen LogP contribution >= 0.6 is 0 Å². The lowest BCUT2D eigenvalue weighted by molar-refractivity contribution is -0.384. The van der Waals surface area contributed by atoms with E-state index in [1.54, 1.807) is 12.1 Å². The van der Waals surface area contributed by atoms with Crippen LogP contribution in [0.5, 0.6) is 0 Å². The average molecular weight is 264 g/mol. The Balaban J connectivity index is 1.95. The molecule has 104 valence electrons. The SMILES string of the molecule is CC1CCCN(CC(O)c2ccc([N+](=O)[O-])cc2)C1. The molecule has 0 amide bonds. The van der Waals surface area contributed by atoms with E-state index < -0.39 is 11.0 Å². The van der Waals surface area contributed by atoms with E-state index in [1.807, 2.05) is 0 Å². The predicted octanol–water partition coefficient (Wildman–Crippen LogP) is 2.36. The van der Waals surface area contributed by atoms with Gasteiger partial charge < -0.3 is 10.0 Å². The van der Waals surface area contributed by atoms with Gasteiger partial charge in [-0.3, -0.25) is 10.1 Å². The molecule has 0 saturated carbocycles. The Labute approximate surface area is 113 Å². The summed E-state index contributed by atoms with van der Waals surface area (Å²) in [7, 11) is 0. The molecule has 1 aromatic rings. The highest BCUT2D eigenvalue weighted by atomic mass is 16.6. The van der Waals surface area contributed by atoms with Crippen LogP contribution in [0.25, 0.3) is 0 Å². The molecule has 2 unspecified atom stereocenters. The molecule has 0 aliphatic carbocycles. The van der Waals surface area contributed by atoms with Crippen molar-refractivity contribution < 1.29 is 10.0 Å². The minimum atomic E-state index is -0.578. The molecule has 1 aromatic carbocycles. The van der Waals surface area contributed by atoms with Crippen molar-refractivity contribution in [3.63, 3.8) is 0 Å². The Morgan fingerprint density at radius 1 is 1.47 bits per heavy atom. The summed E-state index contributed by atoms with van der Waals surface area (Å²) >= 11 is 0. The number of aliphatic hydroxyl groups excluding tert-OH is 1. The molecule has 1 saturated heterocycles. The second kappa shape index (κ2) is 6.12. The lowest BCUT2D eigenvalue weighted by Crippen LogP contribution is -2.37. The first-order chi connectivity index (χ1) is 9.06. The maximum Gasteiger partial charge on any atom is 0.269 e. The van der Waals surface area contributed by atoms with Crippen molar-refractivity contribution in [2.24, 2.45) is 5.92 Å². The van der Waals surface area contributed by atoms with E-state index in [0.717, 1.165) is 18.7 Å². The maximum absolute atomic E-state index is 10.6. The zero-order valence-electron chi connectivity index (χ0n) is 11.2. The van der Waals surface area contributed by atoms with Crippen LogP contribution in [0.1, 0.15) is 31.4 Å². The number of non-ortho nitro benzene ring substituents is 1. The van der Waals surface area contributed by atoms with Gasteiger partial charge >= 0.3 is 0 Å². The first-order valence-electron chi connectivity index (χ1n) is 6.71. The second-order valence-corrected chi connectivity index (χ2v) is 5.37. The normalized spacial score (nSPS) is 22.1. The molecule has 19 heavy (non-hydrogen) atoms. The van der Waals surface area contributed by atoms with E-state index >= 15 is 0 Å². The van der Waals surface area contributed by atoms with Crippen LogP contribution in [0, 0.1) is 16.0 Å². The number of nitro groups is 1. The first-order valence-corrected chi connectivity index (χ1v) is 6.71. The molecular weight excluding hydrogens is 244 g/mol. The molecule has 2 atom stereocenters. The van der Waals surface area contributed by atoms with Gasteiger partial charge in [0.25, 0.3) is 5.69 Å². The molecule has 0 bridgehead atoms. The zero-order valence-corrected chi connectivity index (χ0v) is 11.2. The first kappa shape index (κ1) is 14.0.